The number of carbonyl (C=O) groups is 2. The first-order chi connectivity index (χ1) is 13.0. The normalized spacial score (nSPS) is 18.0. The average molecular weight is 387 g/mol. The van der Waals surface area contributed by atoms with Crippen LogP contribution in [0.4, 0.5) is 15.8 Å². The van der Waals surface area contributed by atoms with Crippen LogP contribution in [-0.2, 0) is 9.59 Å². The van der Waals surface area contributed by atoms with Crippen molar-refractivity contribution in [2.45, 2.75) is 11.7 Å². The Balaban J connectivity index is 1.64. The Morgan fingerprint density at radius 2 is 2.04 bits per heavy atom. The Morgan fingerprint density at radius 3 is 2.70 bits per heavy atom. The number of methoxy groups -OCH3 is 1. The lowest BCUT2D eigenvalue weighted by Crippen LogP contribution is -2.30. The van der Waals surface area contributed by atoms with Crippen molar-refractivity contribution in [2.24, 2.45) is 4.99 Å². The lowest BCUT2D eigenvalue weighted by Gasteiger charge is -2.09. The van der Waals surface area contributed by atoms with Gasteiger partial charge in [-0.2, -0.15) is 0 Å². The van der Waals surface area contributed by atoms with Gasteiger partial charge in [0.05, 0.1) is 12.8 Å². The molecular weight excluding hydrogens is 369 g/mol. The van der Waals surface area contributed by atoms with Gasteiger partial charge in [0.25, 0.3) is 0 Å². The fourth-order valence-electron chi connectivity index (χ4n) is 2.51. The summed E-state index contributed by atoms with van der Waals surface area (Å²) in [7, 11) is 3.16. The van der Waals surface area contributed by atoms with Gasteiger partial charge in [0, 0.05) is 19.2 Å². The first kappa shape index (κ1) is 18.9. The highest BCUT2D eigenvalue weighted by Gasteiger charge is 2.37. The highest BCUT2D eigenvalue weighted by molar-refractivity contribution is 8.15. The smallest absolute Gasteiger partial charge is 0.242 e. The molecule has 2 aromatic rings. The van der Waals surface area contributed by atoms with E-state index in [0.29, 0.717) is 22.3 Å². The third kappa shape index (κ3) is 4.65. The summed E-state index contributed by atoms with van der Waals surface area (Å²) >= 11 is 1.20. The summed E-state index contributed by atoms with van der Waals surface area (Å²) in [6.07, 6.45) is 0.0159. The number of aliphatic imine (C=N–C) groups is 1. The van der Waals surface area contributed by atoms with Crippen LogP contribution in [0.25, 0.3) is 0 Å². The van der Waals surface area contributed by atoms with Crippen molar-refractivity contribution in [3.63, 3.8) is 0 Å². The van der Waals surface area contributed by atoms with Gasteiger partial charge >= 0.3 is 0 Å². The van der Waals surface area contributed by atoms with Crippen LogP contribution in [0.3, 0.4) is 0 Å². The van der Waals surface area contributed by atoms with Crippen molar-refractivity contribution in [1.82, 2.24) is 4.90 Å². The number of rotatable bonds is 5. The van der Waals surface area contributed by atoms with Crippen molar-refractivity contribution in [2.75, 3.05) is 19.5 Å². The predicted octanol–water partition coefficient (Wildman–Crippen LogP) is 3.42. The topological polar surface area (TPSA) is 71.0 Å². The molecule has 8 heteroatoms. The SMILES string of the molecule is COc1ccc(NC(=O)CC2SC(=Nc3cccc(F)c3)N(C)C2=O)cc1. The summed E-state index contributed by atoms with van der Waals surface area (Å²) in [5.74, 6) is -0.190. The van der Waals surface area contributed by atoms with E-state index in [2.05, 4.69) is 10.3 Å². The summed E-state index contributed by atoms with van der Waals surface area (Å²) in [4.78, 5) is 30.4. The van der Waals surface area contributed by atoms with E-state index in [1.807, 2.05) is 0 Å². The summed E-state index contributed by atoms with van der Waals surface area (Å²) in [6, 6.07) is 12.7. The summed E-state index contributed by atoms with van der Waals surface area (Å²) in [5.41, 5.74) is 1.04. The highest BCUT2D eigenvalue weighted by atomic mass is 32.2. The molecule has 2 amide bonds. The zero-order valence-corrected chi connectivity index (χ0v) is 15.6. The van der Waals surface area contributed by atoms with E-state index in [1.54, 1.807) is 50.6 Å². The second kappa shape index (κ2) is 8.22. The number of hydrogen-bond acceptors (Lipinski definition) is 5. The van der Waals surface area contributed by atoms with Crippen LogP contribution in [0.2, 0.25) is 0 Å². The molecule has 6 nitrogen and oxygen atoms in total. The van der Waals surface area contributed by atoms with Gasteiger partial charge in [0.1, 0.15) is 16.8 Å². The van der Waals surface area contributed by atoms with Crippen LogP contribution >= 0.6 is 11.8 Å². The van der Waals surface area contributed by atoms with Crippen molar-refractivity contribution >= 4 is 40.1 Å². The Bertz CT molecular complexity index is 886. The number of amidine groups is 1. The Kier molecular flexibility index (Phi) is 5.75. The molecule has 2 aromatic carbocycles. The van der Waals surface area contributed by atoms with Crippen LogP contribution in [0.1, 0.15) is 6.42 Å². The van der Waals surface area contributed by atoms with E-state index >= 15 is 0 Å². The van der Waals surface area contributed by atoms with E-state index in [-0.39, 0.29) is 18.2 Å². The van der Waals surface area contributed by atoms with Gasteiger partial charge in [-0.1, -0.05) is 17.8 Å². The molecule has 27 heavy (non-hydrogen) atoms. The minimum absolute atomic E-state index is 0.0159. The largest absolute Gasteiger partial charge is 0.497 e. The van der Waals surface area contributed by atoms with Crippen molar-refractivity contribution in [3.05, 3.63) is 54.3 Å². The number of anilines is 1. The number of hydrogen-bond donors (Lipinski definition) is 1. The van der Waals surface area contributed by atoms with E-state index < -0.39 is 11.1 Å². The molecule has 1 unspecified atom stereocenters. The molecule has 0 spiro atoms. The Labute approximate surface area is 160 Å². The molecule has 1 fully saturated rings. The van der Waals surface area contributed by atoms with Crippen LogP contribution in [-0.4, -0.2) is 41.3 Å². The van der Waals surface area contributed by atoms with Gasteiger partial charge in [-0.05, 0) is 42.5 Å². The molecule has 1 aliphatic heterocycles. The first-order valence-corrected chi connectivity index (χ1v) is 9.06. The second-order valence-corrected chi connectivity index (χ2v) is 7.03. The van der Waals surface area contributed by atoms with Crippen molar-refractivity contribution < 1.29 is 18.7 Å². The fourth-order valence-corrected chi connectivity index (χ4v) is 3.66. The van der Waals surface area contributed by atoms with Crippen molar-refractivity contribution in [1.29, 1.82) is 0 Å². The number of thioether (sulfide) groups is 1. The third-order valence-electron chi connectivity index (χ3n) is 3.92. The van der Waals surface area contributed by atoms with E-state index in [1.165, 1.54) is 28.8 Å². The monoisotopic (exact) mass is 387 g/mol. The number of amides is 2. The summed E-state index contributed by atoms with van der Waals surface area (Å²) in [6.45, 7) is 0. The lowest BCUT2D eigenvalue weighted by atomic mass is 10.2. The van der Waals surface area contributed by atoms with Gasteiger partial charge in [0.15, 0.2) is 5.17 Å². The Morgan fingerprint density at radius 1 is 1.30 bits per heavy atom. The van der Waals surface area contributed by atoms with Gasteiger partial charge < -0.3 is 10.1 Å². The van der Waals surface area contributed by atoms with Gasteiger partial charge in [0.2, 0.25) is 11.8 Å². The molecule has 3 rings (SSSR count). The summed E-state index contributed by atoms with van der Waals surface area (Å²) < 4.78 is 18.4. The maximum atomic E-state index is 13.3. The molecule has 0 aromatic heterocycles. The zero-order valence-electron chi connectivity index (χ0n) is 14.8. The van der Waals surface area contributed by atoms with Gasteiger partial charge in [-0.3, -0.25) is 14.5 Å². The number of carbonyl (C=O) groups excluding carboxylic acids is 2. The summed E-state index contributed by atoms with van der Waals surface area (Å²) in [5, 5.41) is 2.63. The van der Waals surface area contributed by atoms with E-state index in [0.717, 1.165) is 0 Å². The van der Waals surface area contributed by atoms with Crippen LogP contribution < -0.4 is 10.1 Å². The van der Waals surface area contributed by atoms with E-state index in [9.17, 15) is 14.0 Å². The second-order valence-electron chi connectivity index (χ2n) is 5.86. The minimum atomic E-state index is -0.569. The molecule has 0 bridgehead atoms. The Hall–Kier alpha value is -2.87. The quantitative estimate of drug-likeness (QED) is 0.853. The zero-order chi connectivity index (χ0) is 19.4. The molecule has 1 saturated heterocycles. The number of nitrogens with one attached hydrogen (secondary N) is 1. The van der Waals surface area contributed by atoms with Crippen LogP contribution in [0.5, 0.6) is 5.75 Å². The van der Waals surface area contributed by atoms with Crippen LogP contribution in [0, 0.1) is 5.82 Å². The molecule has 1 atom stereocenters. The molecule has 0 aliphatic carbocycles. The maximum absolute atomic E-state index is 13.3. The third-order valence-corrected chi connectivity index (χ3v) is 5.15. The molecule has 0 saturated carbocycles. The lowest BCUT2D eigenvalue weighted by molar-refractivity contribution is -0.127. The first-order valence-electron chi connectivity index (χ1n) is 8.18. The van der Waals surface area contributed by atoms with Crippen molar-refractivity contribution in [3.8, 4) is 5.75 Å². The highest BCUT2D eigenvalue weighted by Crippen LogP contribution is 2.31. The fraction of sp³-hybridized carbons (Fsp3) is 0.211. The molecule has 1 aliphatic rings. The number of halogens is 1. The average Bonchev–Trinajstić information content (AvgIpc) is 2.90. The number of ether oxygens (including phenoxy) is 1. The van der Waals surface area contributed by atoms with Crippen LogP contribution in [0.15, 0.2) is 53.5 Å². The molecule has 1 N–H and O–H groups in total. The molecular formula is C19H18FN3O3S. The minimum Gasteiger partial charge on any atom is -0.497 e. The standard InChI is InChI=1S/C19H18FN3O3S/c1-23-18(25)16(27-19(23)22-14-5-3-4-12(20)10-14)11-17(24)21-13-6-8-15(26-2)9-7-13/h3-10,16H,11H2,1-2H3,(H,21,24). The predicted molar refractivity (Wildman–Crippen MR) is 104 cm³/mol. The van der Waals surface area contributed by atoms with Gasteiger partial charge in [-0.15, -0.1) is 0 Å². The van der Waals surface area contributed by atoms with Gasteiger partial charge in [-0.25, -0.2) is 9.38 Å². The number of nitrogens with zero attached hydrogens (tertiary/aromatic N) is 2. The van der Waals surface area contributed by atoms with E-state index in [4.69, 9.17) is 4.74 Å². The molecule has 140 valence electrons. The maximum Gasteiger partial charge on any atom is 0.242 e. The molecule has 0 radical (unpaired) electrons. The number of benzene rings is 2. The molecule has 1 heterocycles.